The van der Waals surface area contributed by atoms with E-state index in [1.807, 2.05) is 4.90 Å². The fourth-order valence-electron chi connectivity index (χ4n) is 3.58. The summed E-state index contributed by atoms with van der Waals surface area (Å²) in [7, 11) is 0. The third kappa shape index (κ3) is 4.13. The lowest BCUT2D eigenvalue weighted by Crippen LogP contribution is -2.22. The summed E-state index contributed by atoms with van der Waals surface area (Å²) in [5.74, 6) is 1.53. The van der Waals surface area contributed by atoms with Gasteiger partial charge in [-0.25, -0.2) is 13.8 Å². The van der Waals surface area contributed by atoms with Crippen molar-refractivity contribution in [1.29, 1.82) is 0 Å². The lowest BCUT2D eigenvalue weighted by molar-refractivity contribution is 0.364. The van der Waals surface area contributed by atoms with Crippen LogP contribution >= 0.6 is 0 Å². The van der Waals surface area contributed by atoms with Gasteiger partial charge in [0, 0.05) is 30.3 Å². The van der Waals surface area contributed by atoms with Crippen molar-refractivity contribution in [3.63, 3.8) is 0 Å². The zero-order valence-corrected chi connectivity index (χ0v) is 16.6. The Morgan fingerprint density at radius 3 is 2.72 bits per heavy atom. The molecule has 0 aliphatic carbocycles. The summed E-state index contributed by atoms with van der Waals surface area (Å²) in [6.07, 6.45) is 2.74. The molecule has 1 fully saturated rings. The van der Waals surface area contributed by atoms with E-state index in [-0.39, 0.29) is 18.3 Å². The summed E-state index contributed by atoms with van der Waals surface area (Å²) in [6.45, 7) is 5.05. The monoisotopic (exact) mass is 398 g/mol. The molecule has 1 atom stereocenters. The Hall–Kier alpha value is -2.83. The lowest BCUT2D eigenvalue weighted by atomic mass is 10.00. The van der Waals surface area contributed by atoms with Crippen LogP contribution in [-0.4, -0.2) is 34.4 Å². The standard InChI is InChI=1S/C22H24F2N4O/c1-14(2)7-8-19-26-27-22(29-19)20-17(16-5-3-4-6-18(16)24)9-11-25-21(20)28-12-10-15(23)13-28/h3-6,9,11,14-15H,7-8,10,12-13H2,1-2H3/t15-/m0/s1. The molecule has 0 amide bonds. The van der Waals surface area contributed by atoms with E-state index in [0.29, 0.717) is 53.7 Å². The topological polar surface area (TPSA) is 55.1 Å². The number of benzene rings is 1. The predicted molar refractivity (Wildman–Crippen MR) is 108 cm³/mol. The smallest absolute Gasteiger partial charge is 0.252 e. The molecule has 0 radical (unpaired) electrons. The van der Waals surface area contributed by atoms with Crippen molar-refractivity contribution in [3.8, 4) is 22.6 Å². The normalized spacial score (nSPS) is 16.7. The van der Waals surface area contributed by atoms with E-state index in [1.54, 1.807) is 30.5 Å². The van der Waals surface area contributed by atoms with Crippen LogP contribution in [0.5, 0.6) is 0 Å². The maximum atomic E-state index is 14.6. The van der Waals surface area contributed by atoms with E-state index in [0.717, 1.165) is 6.42 Å². The molecule has 1 aliphatic rings. The van der Waals surface area contributed by atoms with Gasteiger partial charge in [-0.1, -0.05) is 32.0 Å². The minimum atomic E-state index is -0.911. The van der Waals surface area contributed by atoms with Crippen molar-refractivity contribution < 1.29 is 13.2 Å². The molecule has 3 heterocycles. The number of anilines is 1. The summed E-state index contributed by atoms with van der Waals surface area (Å²) >= 11 is 0. The van der Waals surface area contributed by atoms with Gasteiger partial charge in [-0.05, 0) is 30.9 Å². The fourth-order valence-corrected chi connectivity index (χ4v) is 3.58. The highest BCUT2D eigenvalue weighted by molar-refractivity contribution is 5.87. The highest BCUT2D eigenvalue weighted by Gasteiger charge is 2.29. The maximum absolute atomic E-state index is 14.6. The maximum Gasteiger partial charge on any atom is 0.252 e. The first-order valence-corrected chi connectivity index (χ1v) is 9.98. The minimum Gasteiger partial charge on any atom is -0.421 e. The van der Waals surface area contributed by atoms with Gasteiger partial charge in [0.15, 0.2) is 0 Å². The van der Waals surface area contributed by atoms with Crippen LogP contribution in [0, 0.1) is 11.7 Å². The van der Waals surface area contributed by atoms with Crippen LogP contribution in [0.25, 0.3) is 22.6 Å². The molecule has 1 saturated heterocycles. The highest BCUT2D eigenvalue weighted by Crippen LogP contribution is 2.39. The summed E-state index contributed by atoms with van der Waals surface area (Å²) in [5.41, 5.74) is 1.58. The van der Waals surface area contributed by atoms with Crippen molar-refractivity contribution in [3.05, 3.63) is 48.2 Å². The van der Waals surface area contributed by atoms with Crippen molar-refractivity contribution in [2.24, 2.45) is 5.92 Å². The molecule has 1 aromatic carbocycles. The number of hydrogen-bond donors (Lipinski definition) is 0. The molecule has 0 N–H and O–H groups in total. The lowest BCUT2D eigenvalue weighted by Gasteiger charge is -2.20. The number of hydrogen-bond acceptors (Lipinski definition) is 5. The molecule has 0 spiro atoms. The minimum absolute atomic E-state index is 0.245. The molecule has 7 heteroatoms. The Morgan fingerprint density at radius 2 is 2.00 bits per heavy atom. The van der Waals surface area contributed by atoms with Gasteiger partial charge in [-0.15, -0.1) is 10.2 Å². The average molecular weight is 398 g/mol. The van der Waals surface area contributed by atoms with Gasteiger partial charge >= 0.3 is 0 Å². The second-order valence-electron chi connectivity index (χ2n) is 7.80. The van der Waals surface area contributed by atoms with Crippen molar-refractivity contribution in [1.82, 2.24) is 15.2 Å². The quantitative estimate of drug-likeness (QED) is 0.580. The van der Waals surface area contributed by atoms with Crippen LogP contribution in [-0.2, 0) is 6.42 Å². The molecule has 29 heavy (non-hydrogen) atoms. The number of nitrogens with zero attached hydrogens (tertiary/aromatic N) is 4. The second-order valence-corrected chi connectivity index (χ2v) is 7.80. The van der Waals surface area contributed by atoms with E-state index in [4.69, 9.17) is 4.42 Å². The van der Waals surface area contributed by atoms with E-state index < -0.39 is 6.17 Å². The Balaban J connectivity index is 1.82. The molecule has 5 nitrogen and oxygen atoms in total. The van der Waals surface area contributed by atoms with Gasteiger partial charge in [0.25, 0.3) is 5.89 Å². The van der Waals surface area contributed by atoms with E-state index >= 15 is 0 Å². The Morgan fingerprint density at radius 1 is 1.17 bits per heavy atom. The van der Waals surface area contributed by atoms with Crippen LogP contribution in [0.2, 0.25) is 0 Å². The van der Waals surface area contributed by atoms with Crippen molar-refractivity contribution >= 4 is 5.82 Å². The first-order chi connectivity index (χ1) is 14.0. The van der Waals surface area contributed by atoms with E-state index in [2.05, 4.69) is 29.0 Å². The van der Waals surface area contributed by atoms with Crippen LogP contribution < -0.4 is 4.90 Å². The zero-order chi connectivity index (χ0) is 20.4. The van der Waals surface area contributed by atoms with Crippen LogP contribution in [0.1, 0.15) is 32.6 Å². The zero-order valence-electron chi connectivity index (χ0n) is 16.6. The van der Waals surface area contributed by atoms with Crippen molar-refractivity contribution in [2.75, 3.05) is 18.0 Å². The molecule has 152 valence electrons. The van der Waals surface area contributed by atoms with Gasteiger partial charge < -0.3 is 9.32 Å². The SMILES string of the molecule is CC(C)CCc1nnc(-c2c(-c3ccccc3F)ccnc2N2CC[C@H](F)C2)o1. The average Bonchev–Trinajstić information content (AvgIpc) is 3.35. The molecule has 1 aliphatic heterocycles. The summed E-state index contributed by atoms with van der Waals surface area (Å²) in [5, 5.41) is 8.41. The molecule has 3 aromatic rings. The highest BCUT2D eigenvalue weighted by atomic mass is 19.1. The molecule has 4 rings (SSSR count). The molecule has 0 saturated carbocycles. The molecule has 2 aromatic heterocycles. The molecular weight excluding hydrogens is 374 g/mol. The van der Waals surface area contributed by atoms with Crippen LogP contribution in [0.15, 0.2) is 40.9 Å². The number of aromatic nitrogens is 3. The van der Waals surface area contributed by atoms with Gasteiger partial charge in [-0.3, -0.25) is 0 Å². The first kappa shape index (κ1) is 19.5. The van der Waals surface area contributed by atoms with E-state index in [1.165, 1.54) is 6.07 Å². The number of aryl methyl sites for hydroxylation is 1. The van der Waals surface area contributed by atoms with Gasteiger partial charge in [0.05, 0.1) is 12.1 Å². The predicted octanol–water partition coefficient (Wildman–Crippen LogP) is 5.07. The van der Waals surface area contributed by atoms with Crippen LogP contribution in [0.4, 0.5) is 14.6 Å². The first-order valence-electron chi connectivity index (χ1n) is 9.98. The fraction of sp³-hybridized carbons (Fsp3) is 0.409. The number of halogens is 2. The van der Waals surface area contributed by atoms with Gasteiger partial charge in [-0.2, -0.15) is 0 Å². The third-order valence-electron chi connectivity index (χ3n) is 5.14. The Kier molecular flexibility index (Phi) is 5.56. The largest absolute Gasteiger partial charge is 0.421 e. The van der Waals surface area contributed by atoms with Crippen molar-refractivity contribution in [2.45, 2.75) is 39.3 Å². The van der Waals surface area contributed by atoms with Gasteiger partial charge in [0.1, 0.15) is 17.8 Å². The Labute approximate surface area is 168 Å². The van der Waals surface area contributed by atoms with E-state index in [9.17, 15) is 8.78 Å². The molecule has 0 bridgehead atoms. The summed E-state index contributed by atoms with van der Waals surface area (Å²) in [4.78, 5) is 6.34. The van der Waals surface area contributed by atoms with Crippen LogP contribution in [0.3, 0.4) is 0 Å². The Bertz CT molecular complexity index is 988. The third-order valence-corrected chi connectivity index (χ3v) is 5.14. The number of pyridine rings is 1. The molecular formula is C22H24F2N4O. The number of rotatable bonds is 6. The number of alkyl halides is 1. The summed E-state index contributed by atoms with van der Waals surface area (Å²) < 4.78 is 34.4. The summed E-state index contributed by atoms with van der Waals surface area (Å²) in [6, 6.07) is 8.27. The molecule has 0 unspecified atom stereocenters. The van der Waals surface area contributed by atoms with Gasteiger partial charge in [0.2, 0.25) is 5.89 Å². The second kappa shape index (κ2) is 8.27.